The van der Waals surface area contributed by atoms with Gasteiger partial charge < -0.3 is 4.42 Å². The van der Waals surface area contributed by atoms with E-state index in [0.717, 1.165) is 60.9 Å². The Hall–Kier alpha value is -5.54. The number of rotatable bonds is 2. The molecular weight excluding hydrogens is 500 g/mol. The van der Waals surface area contributed by atoms with Crippen molar-refractivity contribution in [3.8, 4) is 22.6 Å². The van der Waals surface area contributed by atoms with Crippen LogP contribution in [0.3, 0.4) is 0 Å². The monoisotopic (exact) mass is 522 g/mol. The molecule has 0 unspecified atom stereocenters. The minimum Gasteiger partial charge on any atom is -0.455 e. The molecule has 0 N–H and O–H groups in total. The van der Waals surface area contributed by atoms with Crippen LogP contribution < -0.4 is 0 Å². The van der Waals surface area contributed by atoms with E-state index < -0.39 is 0 Å². The summed E-state index contributed by atoms with van der Waals surface area (Å²) in [6.07, 6.45) is 0. The van der Waals surface area contributed by atoms with Crippen molar-refractivity contribution in [3.05, 3.63) is 133 Å². The van der Waals surface area contributed by atoms with Gasteiger partial charge in [0.25, 0.3) is 0 Å². The Morgan fingerprint density at radius 3 is 2.02 bits per heavy atom. The standard InChI is InChI=1S/C38H22N2O/c1-2-10-23(11-3-1)36-29-14-6-8-16-32(29)39-38(40-36)25-19-20-26-24(22-25)18-21-31-34(26)27-12-4-5-13-28(27)37-35(31)30-15-7-9-17-33(30)41-37/h1-22H. The van der Waals surface area contributed by atoms with Crippen molar-refractivity contribution < 1.29 is 4.42 Å². The molecule has 0 aliphatic rings. The molecule has 0 saturated carbocycles. The minimum atomic E-state index is 0.727. The van der Waals surface area contributed by atoms with E-state index in [2.05, 4.69) is 109 Å². The van der Waals surface area contributed by atoms with E-state index in [1.165, 1.54) is 26.9 Å². The van der Waals surface area contributed by atoms with E-state index in [4.69, 9.17) is 14.4 Å². The number of fused-ring (bicyclic) bond motifs is 11. The lowest BCUT2D eigenvalue weighted by Gasteiger charge is -2.12. The van der Waals surface area contributed by atoms with Crippen molar-refractivity contribution in [3.63, 3.8) is 0 Å². The first-order valence-electron chi connectivity index (χ1n) is 13.8. The molecule has 0 aliphatic heterocycles. The van der Waals surface area contributed by atoms with Crippen molar-refractivity contribution in [2.75, 3.05) is 0 Å². The molecule has 0 amide bonds. The van der Waals surface area contributed by atoms with Gasteiger partial charge >= 0.3 is 0 Å². The highest BCUT2D eigenvalue weighted by Gasteiger charge is 2.18. The summed E-state index contributed by atoms with van der Waals surface area (Å²) < 4.78 is 6.43. The van der Waals surface area contributed by atoms with Crippen LogP contribution in [-0.4, -0.2) is 9.97 Å². The van der Waals surface area contributed by atoms with E-state index >= 15 is 0 Å². The summed E-state index contributed by atoms with van der Waals surface area (Å²) in [6.45, 7) is 0. The first-order chi connectivity index (χ1) is 20.3. The van der Waals surface area contributed by atoms with Crippen molar-refractivity contribution >= 4 is 65.2 Å². The molecule has 41 heavy (non-hydrogen) atoms. The summed E-state index contributed by atoms with van der Waals surface area (Å²) >= 11 is 0. The second kappa shape index (κ2) is 8.48. The third kappa shape index (κ3) is 3.26. The smallest absolute Gasteiger partial charge is 0.160 e. The number of aromatic nitrogens is 2. The fourth-order valence-electron chi connectivity index (χ4n) is 6.39. The molecule has 0 spiro atoms. The van der Waals surface area contributed by atoms with Crippen LogP contribution in [0.1, 0.15) is 0 Å². The number of hydrogen-bond acceptors (Lipinski definition) is 3. The van der Waals surface area contributed by atoms with Crippen LogP contribution in [0.5, 0.6) is 0 Å². The lowest BCUT2D eigenvalue weighted by Crippen LogP contribution is -1.95. The molecule has 0 bridgehead atoms. The fourth-order valence-corrected chi connectivity index (χ4v) is 6.39. The average molecular weight is 523 g/mol. The molecule has 3 heteroatoms. The summed E-state index contributed by atoms with van der Waals surface area (Å²) in [5.41, 5.74) is 5.84. The quantitative estimate of drug-likeness (QED) is 0.212. The maximum absolute atomic E-state index is 6.43. The third-order valence-corrected chi connectivity index (χ3v) is 8.23. The molecule has 0 aliphatic carbocycles. The Morgan fingerprint density at radius 1 is 0.439 bits per heavy atom. The van der Waals surface area contributed by atoms with Gasteiger partial charge in [0.1, 0.15) is 11.2 Å². The predicted octanol–water partition coefficient (Wildman–Crippen LogP) is 10.3. The van der Waals surface area contributed by atoms with Crippen LogP contribution >= 0.6 is 0 Å². The molecular formula is C38H22N2O. The van der Waals surface area contributed by atoms with Crippen LogP contribution in [0, 0.1) is 0 Å². The summed E-state index contributed by atoms with van der Waals surface area (Å²) in [7, 11) is 0. The second-order valence-corrected chi connectivity index (χ2v) is 10.6. The molecule has 0 saturated heterocycles. The first kappa shape index (κ1) is 22.3. The zero-order valence-corrected chi connectivity index (χ0v) is 22.0. The highest BCUT2D eigenvalue weighted by Crippen LogP contribution is 2.43. The summed E-state index contributed by atoms with van der Waals surface area (Å²) in [5, 5.41) is 10.5. The normalized spacial score (nSPS) is 11.9. The Balaban J connectivity index is 1.33. The van der Waals surface area contributed by atoms with Crippen molar-refractivity contribution in [2.24, 2.45) is 0 Å². The van der Waals surface area contributed by atoms with Gasteiger partial charge in [0.15, 0.2) is 5.82 Å². The van der Waals surface area contributed by atoms with Gasteiger partial charge in [-0.05, 0) is 45.1 Å². The molecule has 7 aromatic carbocycles. The number of para-hydroxylation sites is 2. The zero-order valence-electron chi connectivity index (χ0n) is 22.0. The molecule has 2 aromatic heterocycles. The second-order valence-electron chi connectivity index (χ2n) is 10.6. The number of furan rings is 1. The van der Waals surface area contributed by atoms with E-state index in [1.807, 2.05) is 24.3 Å². The van der Waals surface area contributed by atoms with Crippen LogP contribution in [0.15, 0.2) is 138 Å². The van der Waals surface area contributed by atoms with Crippen LogP contribution in [-0.2, 0) is 0 Å². The number of hydrogen-bond donors (Lipinski definition) is 0. The van der Waals surface area contributed by atoms with Gasteiger partial charge in [-0.3, -0.25) is 0 Å². The maximum atomic E-state index is 6.43. The van der Waals surface area contributed by atoms with Crippen molar-refractivity contribution in [1.82, 2.24) is 9.97 Å². The van der Waals surface area contributed by atoms with Crippen LogP contribution in [0.25, 0.3) is 87.8 Å². The average Bonchev–Trinajstić information content (AvgIpc) is 3.44. The molecule has 0 atom stereocenters. The highest BCUT2D eigenvalue weighted by molar-refractivity contribution is 6.34. The maximum Gasteiger partial charge on any atom is 0.160 e. The summed E-state index contributed by atoms with van der Waals surface area (Å²) in [4.78, 5) is 10.1. The predicted molar refractivity (Wildman–Crippen MR) is 170 cm³/mol. The SMILES string of the molecule is c1ccc(-c2nc(-c3ccc4c(ccc5c4c4ccccc4c4oc6ccccc6c54)c3)nc3ccccc23)cc1. The topological polar surface area (TPSA) is 38.9 Å². The summed E-state index contributed by atoms with van der Waals surface area (Å²) in [5.74, 6) is 0.727. The molecule has 190 valence electrons. The van der Waals surface area contributed by atoms with Crippen LogP contribution in [0.2, 0.25) is 0 Å². The molecule has 0 fully saturated rings. The van der Waals surface area contributed by atoms with Crippen molar-refractivity contribution in [2.45, 2.75) is 0 Å². The lowest BCUT2D eigenvalue weighted by molar-refractivity contribution is 0.673. The van der Waals surface area contributed by atoms with Crippen molar-refractivity contribution in [1.29, 1.82) is 0 Å². The molecule has 9 aromatic rings. The van der Waals surface area contributed by atoms with E-state index in [9.17, 15) is 0 Å². The number of benzene rings is 7. The van der Waals surface area contributed by atoms with E-state index in [1.54, 1.807) is 0 Å². The van der Waals surface area contributed by atoms with E-state index in [-0.39, 0.29) is 0 Å². The first-order valence-corrected chi connectivity index (χ1v) is 13.8. The fraction of sp³-hybridized carbons (Fsp3) is 0. The van der Waals surface area contributed by atoms with Gasteiger partial charge in [0.05, 0.1) is 11.2 Å². The van der Waals surface area contributed by atoms with Gasteiger partial charge in [0, 0.05) is 32.7 Å². The third-order valence-electron chi connectivity index (χ3n) is 8.23. The highest BCUT2D eigenvalue weighted by atomic mass is 16.3. The molecule has 9 rings (SSSR count). The van der Waals surface area contributed by atoms with Gasteiger partial charge in [-0.1, -0.05) is 115 Å². The Labute approximate surface area is 235 Å². The largest absolute Gasteiger partial charge is 0.455 e. The zero-order chi connectivity index (χ0) is 26.9. The summed E-state index contributed by atoms with van der Waals surface area (Å²) in [6, 6.07) is 46.6. The van der Waals surface area contributed by atoms with Crippen LogP contribution in [0.4, 0.5) is 0 Å². The Bertz CT molecular complexity index is 2470. The Kier molecular flexibility index (Phi) is 4.61. The van der Waals surface area contributed by atoms with Gasteiger partial charge in [-0.25, -0.2) is 9.97 Å². The van der Waals surface area contributed by atoms with Gasteiger partial charge in [-0.15, -0.1) is 0 Å². The Morgan fingerprint density at radius 2 is 1.15 bits per heavy atom. The molecule has 0 radical (unpaired) electrons. The van der Waals surface area contributed by atoms with Gasteiger partial charge in [0.2, 0.25) is 0 Å². The van der Waals surface area contributed by atoms with E-state index in [0.29, 0.717) is 0 Å². The minimum absolute atomic E-state index is 0.727. The van der Waals surface area contributed by atoms with Gasteiger partial charge in [-0.2, -0.15) is 0 Å². The molecule has 3 nitrogen and oxygen atoms in total. The molecule has 2 heterocycles. The lowest BCUT2D eigenvalue weighted by atomic mass is 9.92. The number of nitrogens with zero attached hydrogens (tertiary/aromatic N) is 2.